The molecule has 0 spiro atoms. The molecule has 0 saturated carbocycles. The average molecular weight is 1120 g/mol. The molecular weight excluding hydrogens is 1080 g/mol. The zero-order valence-corrected chi connectivity index (χ0v) is 40.0. The molecule has 0 unspecified atom stereocenters. The number of alkyl halides is 6. The third kappa shape index (κ3) is 14.5. The average Bonchev–Trinajstić information content (AvgIpc) is 3.21. The molecular formula is C43H38Cl4F6N6O8S3. The van der Waals surface area contributed by atoms with Crippen molar-refractivity contribution in [2.45, 2.75) is 50.8 Å². The summed E-state index contributed by atoms with van der Waals surface area (Å²) in [6, 6.07) is 15.0. The maximum Gasteiger partial charge on any atom is 0.416 e. The number of nitrogens with two attached hydrogens (primary N) is 1. The first-order chi connectivity index (χ1) is 31.3. The van der Waals surface area contributed by atoms with Gasteiger partial charge in [-0.25, -0.2) is 35.2 Å². The second-order valence-corrected chi connectivity index (χ2v) is 21.0. The van der Waals surface area contributed by atoms with Gasteiger partial charge in [0.25, 0.3) is 20.0 Å². The second kappa shape index (κ2) is 22.2. The van der Waals surface area contributed by atoms with Crippen LogP contribution in [0.3, 0.4) is 0 Å². The SMILES string of the molecule is C.C.Cc1ccc(S(=O)(=O)Nc2cc(Cl)cnc2C(=O)c2cc(N)ccc2Cl)cc1C(F)(F)F.Cc1ccc(S(=O)(=O)Nc2cc(Cl)cnc2C(=O)c2cc(NS(C)(=O)=O)ccc2Cl)cc1C(F)(F)F. The summed E-state index contributed by atoms with van der Waals surface area (Å²) in [6.45, 7) is 2.39. The third-order valence-electron chi connectivity index (χ3n) is 9.03. The molecule has 27 heteroatoms. The fraction of sp³-hybridized carbons (Fsp3) is 0.163. The summed E-state index contributed by atoms with van der Waals surface area (Å²) >= 11 is 24.0. The number of hydrogen-bond acceptors (Lipinski definition) is 11. The van der Waals surface area contributed by atoms with E-state index in [0.29, 0.717) is 12.1 Å². The lowest BCUT2D eigenvalue weighted by Gasteiger charge is -2.15. The highest BCUT2D eigenvalue weighted by Gasteiger charge is 2.35. The summed E-state index contributed by atoms with van der Waals surface area (Å²) in [4.78, 5) is 32.6. The molecule has 2 heterocycles. The standard InChI is InChI=1S/C21H16Cl2F3N3O5S2.C20H14Cl2F3N3O3S.2CH4/c1-11-3-5-14(9-16(11)21(24,25)26)36(33,34)29-18-7-12(22)10-27-19(18)20(30)15-8-13(4-6-17(15)23)28-35(2,31)32;1-10-2-4-13(8-15(10)20(23,24)25)32(30,31)28-17-6-11(21)9-27-18(17)19(29)14-7-12(26)3-5-16(14)22;;/h3-10,28-29H,1-2H3;2-9,28H,26H2,1H3;2*1H4. The number of halogens is 10. The summed E-state index contributed by atoms with van der Waals surface area (Å²) < 4.78 is 160. The van der Waals surface area contributed by atoms with Gasteiger partial charge in [0.1, 0.15) is 11.4 Å². The van der Waals surface area contributed by atoms with Gasteiger partial charge in [0.05, 0.1) is 58.6 Å². The number of nitrogens with one attached hydrogen (secondary N) is 3. The lowest BCUT2D eigenvalue weighted by molar-refractivity contribution is -0.139. The molecule has 4 aromatic carbocycles. The maximum atomic E-state index is 13.3. The van der Waals surface area contributed by atoms with E-state index in [1.54, 1.807) is 0 Å². The summed E-state index contributed by atoms with van der Waals surface area (Å²) in [6.07, 6.45) is -6.49. The number of aryl methyl sites for hydroxylation is 2. The molecule has 0 radical (unpaired) electrons. The Morgan fingerprint density at radius 2 is 0.943 bits per heavy atom. The molecule has 376 valence electrons. The highest BCUT2D eigenvalue weighted by molar-refractivity contribution is 7.93. The summed E-state index contributed by atoms with van der Waals surface area (Å²) in [5.41, 5.74) is 1.45. The molecule has 5 N–H and O–H groups in total. The summed E-state index contributed by atoms with van der Waals surface area (Å²) in [5, 5.41) is -0.151. The number of hydrogen-bond donors (Lipinski definition) is 4. The number of anilines is 4. The quantitative estimate of drug-likeness (QED) is 0.0512. The first-order valence-corrected chi connectivity index (χ1v) is 24.8. The Morgan fingerprint density at radius 3 is 1.33 bits per heavy atom. The minimum absolute atomic E-state index is 0. The molecule has 0 amide bonds. The van der Waals surface area contributed by atoms with Crippen molar-refractivity contribution in [2.24, 2.45) is 0 Å². The van der Waals surface area contributed by atoms with Gasteiger partial charge >= 0.3 is 12.4 Å². The molecule has 2 aromatic heterocycles. The van der Waals surface area contributed by atoms with Gasteiger partial charge in [0.2, 0.25) is 21.6 Å². The lowest BCUT2D eigenvalue weighted by atomic mass is 10.1. The first-order valence-electron chi connectivity index (χ1n) is 18.4. The van der Waals surface area contributed by atoms with Gasteiger partial charge in [-0.05, 0) is 97.8 Å². The van der Waals surface area contributed by atoms with Gasteiger partial charge in [-0.3, -0.25) is 23.8 Å². The van der Waals surface area contributed by atoms with Crippen molar-refractivity contribution >= 4 is 111 Å². The monoisotopic (exact) mass is 1120 g/mol. The highest BCUT2D eigenvalue weighted by atomic mass is 35.5. The minimum atomic E-state index is -4.80. The molecule has 0 aliphatic rings. The van der Waals surface area contributed by atoms with Crippen molar-refractivity contribution in [3.8, 4) is 0 Å². The van der Waals surface area contributed by atoms with Gasteiger partial charge in [-0.15, -0.1) is 0 Å². The number of nitrogen functional groups attached to an aromatic ring is 1. The Morgan fingerprint density at radius 1 is 0.557 bits per heavy atom. The molecule has 0 aliphatic carbocycles. The van der Waals surface area contributed by atoms with E-state index in [0.717, 1.165) is 61.1 Å². The number of benzene rings is 4. The Hall–Kier alpha value is -5.69. The minimum Gasteiger partial charge on any atom is -0.399 e. The molecule has 0 atom stereocenters. The van der Waals surface area contributed by atoms with E-state index in [-0.39, 0.29) is 80.0 Å². The Labute approximate surface area is 418 Å². The van der Waals surface area contributed by atoms with Crippen LogP contribution in [-0.2, 0) is 42.4 Å². The Bertz CT molecular complexity index is 3350. The molecule has 70 heavy (non-hydrogen) atoms. The molecule has 0 fully saturated rings. The van der Waals surface area contributed by atoms with Gasteiger partial charge < -0.3 is 5.73 Å². The fourth-order valence-corrected chi connectivity index (χ4v) is 9.34. The number of nitrogens with zero attached hydrogens (tertiary/aromatic N) is 2. The molecule has 14 nitrogen and oxygen atoms in total. The zero-order valence-electron chi connectivity index (χ0n) is 34.5. The van der Waals surface area contributed by atoms with E-state index in [9.17, 15) is 61.2 Å². The highest BCUT2D eigenvalue weighted by Crippen LogP contribution is 2.36. The largest absolute Gasteiger partial charge is 0.416 e. The van der Waals surface area contributed by atoms with Crippen molar-refractivity contribution in [1.29, 1.82) is 0 Å². The van der Waals surface area contributed by atoms with Crippen LogP contribution in [-0.4, -0.2) is 53.0 Å². The van der Waals surface area contributed by atoms with E-state index in [2.05, 4.69) is 19.4 Å². The maximum absolute atomic E-state index is 13.3. The van der Waals surface area contributed by atoms with Crippen LogP contribution >= 0.6 is 46.4 Å². The van der Waals surface area contributed by atoms with Crippen LogP contribution in [0.5, 0.6) is 0 Å². The molecule has 6 aromatic rings. The number of rotatable bonds is 12. The zero-order chi connectivity index (χ0) is 50.9. The van der Waals surface area contributed by atoms with E-state index in [4.69, 9.17) is 52.1 Å². The van der Waals surface area contributed by atoms with Gasteiger partial charge in [0.15, 0.2) is 0 Å². The Balaban J connectivity index is 0.000000362. The smallest absolute Gasteiger partial charge is 0.399 e. The van der Waals surface area contributed by atoms with E-state index in [1.807, 2.05) is 4.72 Å². The van der Waals surface area contributed by atoms with Crippen LogP contribution in [0.2, 0.25) is 20.1 Å². The van der Waals surface area contributed by atoms with Crippen LogP contribution in [0.15, 0.2) is 107 Å². The second-order valence-electron chi connectivity index (χ2n) is 14.2. The van der Waals surface area contributed by atoms with E-state index in [1.165, 1.54) is 44.2 Å². The normalized spacial score (nSPS) is 11.8. The van der Waals surface area contributed by atoms with Crippen LogP contribution in [0.1, 0.15) is 69.2 Å². The topological polar surface area (TPSA) is 224 Å². The van der Waals surface area contributed by atoms with Gasteiger partial charge in [-0.1, -0.05) is 73.4 Å². The van der Waals surface area contributed by atoms with Crippen molar-refractivity contribution in [3.63, 3.8) is 0 Å². The molecule has 0 aliphatic heterocycles. The number of sulfonamides is 3. The van der Waals surface area contributed by atoms with Gasteiger partial charge in [-0.2, -0.15) is 26.3 Å². The number of ketones is 2. The van der Waals surface area contributed by atoms with E-state index < -0.39 is 86.3 Å². The molecule has 6 rings (SSSR count). The third-order valence-corrected chi connectivity index (χ3v) is 13.4. The molecule has 0 bridgehead atoms. The number of pyridine rings is 2. The number of aromatic nitrogens is 2. The van der Waals surface area contributed by atoms with Crippen molar-refractivity contribution in [3.05, 3.63) is 162 Å². The van der Waals surface area contributed by atoms with Crippen LogP contribution in [0.25, 0.3) is 0 Å². The van der Waals surface area contributed by atoms with Crippen molar-refractivity contribution in [1.82, 2.24) is 9.97 Å². The fourth-order valence-electron chi connectivity index (χ4n) is 5.90. The van der Waals surface area contributed by atoms with Crippen LogP contribution in [0.4, 0.5) is 49.1 Å². The van der Waals surface area contributed by atoms with E-state index >= 15 is 0 Å². The summed E-state index contributed by atoms with van der Waals surface area (Å²) in [5.74, 6) is -1.68. The Kier molecular flexibility index (Phi) is 18.6. The van der Waals surface area contributed by atoms with Crippen LogP contribution in [0, 0.1) is 13.8 Å². The van der Waals surface area contributed by atoms with Crippen molar-refractivity contribution < 1.29 is 61.2 Å². The predicted molar refractivity (Wildman–Crippen MR) is 259 cm³/mol. The summed E-state index contributed by atoms with van der Waals surface area (Å²) in [7, 11) is -12.9. The van der Waals surface area contributed by atoms with Crippen LogP contribution < -0.4 is 19.9 Å². The predicted octanol–water partition coefficient (Wildman–Crippen LogP) is 11.7. The van der Waals surface area contributed by atoms with Crippen molar-refractivity contribution in [2.75, 3.05) is 26.2 Å². The lowest BCUT2D eigenvalue weighted by Crippen LogP contribution is -2.18. The number of carbonyl (C=O) groups is 2. The first kappa shape index (κ1) is 58.6. The molecule has 0 saturated heterocycles. The number of carbonyl (C=O) groups excluding carboxylic acids is 2. The van der Waals surface area contributed by atoms with Gasteiger partial charge in [0, 0.05) is 34.9 Å².